The van der Waals surface area contributed by atoms with Crippen LogP contribution >= 0.6 is 0 Å². The lowest BCUT2D eigenvalue weighted by Crippen LogP contribution is -2.46. The van der Waals surface area contributed by atoms with E-state index in [9.17, 15) is 21.6 Å². The molecule has 0 aromatic carbocycles. The minimum Gasteiger partial charge on any atom is -0.450 e. The van der Waals surface area contributed by atoms with E-state index in [1.807, 2.05) is 0 Å². The SMILES string of the molecule is CCOC(=O)NC([C@@H]1CCS(=O)(=O)C1)[C@@H]1CCS(=O)(=O)C1. The molecule has 2 atom stereocenters. The first kappa shape index (κ1) is 16.5. The molecule has 21 heavy (non-hydrogen) atoms. The fraction of sp³-hybridized carbons (Fsp3) is 0.917. The van der Waals surface area contributed by atoms with E-state index in [-0.39, 0.29) is 41.5 Å². The maximum Gasteiger partial charge on any atom is 0.407 e. The minimum absolute atomic E-state index is 0.000614. The Hall–Kier alpha value is -0.830. The summed E-state index contributed by atoms with van der Waals surface area (Å²) in [5, 5.41) is 2.69. The lowest BCUT2D eigenvalue weighted by Gasteiger charge is -2.28. The Balaban J connectivity index is 2.13. The molecule has 2 fully saturated rings. The molecule has 2 heterocycles. The normalized spacial score (nSPS) is 30.4. The Kier molecular flexibility index (Phi) is 4.82. The number of hydrogen-bond acceptors (Lipinski definition) is 6. The summed E-state index contributed by atoms with van der Waals surface area (Å²) >= 11 is 0. The molecule has 2 saturated heterocycles. The number of carbonyl (C=O) groups is 1. The first-order valence-corrected chi connectivity index (χ1v) is 10.7. The predicted molar refractivity (Wildman–Crippen MR) is 77.5 cm³/mol. The topological polar surface area (TPSA) is 107 Å². The third kappa shape index (κ3) is 4.32. The zero-order chi connectivity index (χ0) is 15.7. The van der Waals surface area contributed by atoms with Crippen LogP contribution in [0.5, 0.6) is 0 Å². The number of rotatable bonds is 4. The lowest BCUT2D eigenvalue weighted by atomic mass is 9.87. The standard InChI is InChI=1S/C12H21NO6S2/c1-2-19-12(14)13-11(9-3-5-20(15,16)7-9)10-4-6-21(17,18)8-10/h9-11H,2-8H2,1H3,(H,13,14)/t9-,10-/m1/s1. The molecule has 0 spiro atoms. The van der Waals surface area contributed by atoms with Crippen LogP contribution < -0.4 is 5.32 Å². The highest BCUT2D eigenvalue weighted by Crippen LogP contribution is 2.31. The number of hydrogen-bond donors (Lipinski definition) is 1. The molecule has 0 aromatic rings. The van der Waals surface area contributed by atoms with Gasteiger partial charge in [-0.2, -0.15) is 0 Å². The zero-order valence-electron chi connectivity index (χ0n) is 11.9. The molecule has 2 aliphatic heterocycles. The number of amides is 1. The summed E-state index contributed by atoms with van der Waals surface area (Å²) in [6, 6.07) is -0.460. The summed E-state index contributed by atoms with van der Waals surface area (Å²) in [6.07, 6.45) is 0.294. The maximum atomic E-state index is 11.7. The summed E-state index contributed by atoms with van der Waals surface area (Å²) in [6.45, 7) is 1.89. The zero-order valence-corrected chi connectivity index (χ0v) is 13.6. The van der Waals surface area contributed by atoms with Crippen molar-refractivity contribution in [1.82, 2.24) is 5.32 Å². The Bertz CT molecular complexity index is 553. The largest absolute Gasteiger partial charge is 0.450 e. The van der Waals surface area contributed by atoms with E-state index in [1.54, 1.807) is 6.92 Å². The first-order valence-electron chi connectivity index (χ1n) is 7.06. The van der Waals surface area contributed by atoms with Gasteiger partial charge >= 0.3 is 6.09 Å². The van der Waals surface area contributed by atoms with Crippen LogP contribution in [0.3, 0.4) is 0 Å². The molecule has 1 N–H and O–H groups in total. The van der Waals surface area contributed by atoms with E-state index >= 15 is 0 Å². The van der Waals surface area contributed by atoms with Crippen molar-refractivity contribution in [2.75, 3.05) is 29.6 Å². The minimum atomic E-state index is -3.09. The Morgan fingerprint density at radius 2 is 1.57 bits per heavy atom. The molecule has 0 unspecified atom stereocenters. The summed E-state index contributed by atoms with van der Waals surface area (Å²) < 4.78 is 51.4. The van der Waals surface area contributed by atoms with Crippen LogP contribution in [0.4, 0.5) is 4.79 Å². The van der Waals surface area contributed by atoms with Gasteiger partial charge in [-0.1, -0.05) is 0 Å². The van der Waals surface area contributed by atoms with Crippen LogP contribution in [-0.4, -0.2) is 58.6 Å². The average molecular weight is 339 g/mol. The van der Waals surface area contributed by atoms with Gasteiger partial charge in [-0.05, 0) is 31.6 Å². The molecule has 7 nitrogen and oxygen atoms in total. The molecular formula is C12H21NO6S2. The van der Waals surface area contributed by atoms with E-state index in [0.717, 1.165) is 0 Å². The Morgan fingerprint density at radius 1 is 1.10 bits per heavy atom. The second-order valence-corrected chi connectivity index (χ2v) is 10.2. The van der Waals surface area contributed by atoms with Gasteiger partial charge in [0, 0.05) is 6.04 Å². The summed E-state index contributed by atoms with van der Waals surface area (Å²) in [7, 11) is -6.18. The maximum absolute atomic E-state index is 11.7. The van der Waals surface area contributed by atoms with Crippen LogP contribution in [-0.2, 0) is 24.4 Å². The molecule has 0 radical (unpaired) electrons. The van der Waals surface area contributed by atoms with Gasteiger partial charge in [-0.15, -0.1) is 0 Å². The van der Waals surface area contributed by atoms with Gasteiger partial charge in [0.1, 0.15) is 0 Å². The molecule has 0 aliphatic carbocycles. The molecular weight excluding hydrogens is 318 g/mol. The molecule has 9 heteroatoms. The lowest BCUT2D eigenvalue weighted by molar-refractivity contribution is 0.138. The van der Waals surface area contributed by atoms with Crippen molar-refractivity contribution >= 4 is 25.8 Å². The average Bonchev–Trinajstić information content (AvgIpc) is 2.89. The van der Waals surface area contributed by atoms with E-state index in [4.69, 9.17) is 4.74 Å². The highest BCUT2D eigenvalue weighted by Gasteiger charge is 2.42. The molecule has 122 valence electrons. The Morgan fingerprint density at radius 3 is 1.90 bits per heavy atom. The first-order chi connectivity index (χ1) is 9.72. The van der Waals surface area contributed by atoms with Crippen molar-refractivity contribution in [3.63, 3.8) is 0 Å². The predicted octanol–water partition coefficient (Wildman–Crippen LogP) is -0.0295. The van der Waals surface area contributed by atoms with Gasteiger partial charge in [-0.3, -0.25) is 0 Å². The number of alkyl carbamates (subject to hydrolysis) is 1. The number of sulfone groups is 2. The summed E-state index contributed by atoms with van der Waals surface area (Å²) in [5.41, 5.74) is 0. The number of ether oxygens (including phenoxy) is 1. The fourth-order valence-corrected chi connectivity index (χ4v) is 6.85. The molecule has 0 aromatic heterocycles. The van der Waals surface area contributed by atoms with Crippen molar-refractivity contribution < 1.29 is 26.4 Å². The van der Waals surface area contributed by atoms with E-state index in [0.29, 0.717) is 12.8 Å². The molecule has 2 rings (SSSR count). The van der Waals surface area contributed by atoms with Crippen LogP contribution in [0.1, 0.15) is 19.8 Å². The third-order valence-electron chi connectivity index (χ3n) is 4.11. The van der Waals surface area contributed by atoms with Gasteiger partial charge in [0.15, 0.2) is 19.7 Å². The molecule has 1 amide bonds. The highest BCUT2D eigenvalue weighted by atomic mass is 32.2. The second kappa shape index (κ2) is 6.12. The van der Waals surface area contributed by atoms with Crippen LogP contribution in [0, 0.1) is 11.8 Å². The van der Waals surface area contributed by atoms with Gasteiger partial charge in [0.25, 0.3) is 0 Å². The van der Waals surface area contributed by atoms with Gasteiger partial charge < -0.3 is 10.1 Å². The summed E-state index contributed by atoms with van der Waals surface area (Å²) in [4.78, 5) is 11.7. The van der Waals surface area contributed by atoms with Crippen molar-refractivity contribution in [1.29, 1.82) is 0 Å². The van der Waals surface area contributed by atoms with Crippen molar-refractivity contribution in [3.8, 4) is 0 Å². The second-order valence-electron chi connectivity index (χ2n) is 5.72. The molecule has 0 bridgehead atoms. The molecule has 2 aliphatic rings. The fourth-order valence-electron chi connectivity index (χ4n) is 3.14. The van der Waals surface area contributed by atoms with Gasteiger partial charge in [-0.25, -0.2) is 21.6 Å². The van der Waals surface area contributed by atoms with E-state index in [2.05, 4.69) is 5.32 Å². The van der Waals surface area contributed by atoms with Crippen LogP contribution in [0.15, 0.2) is 0 Å². The quantitative estimate of drug-likeness (QED) is 0.771. The Labute approximate surface area is 125 Å². The number of carbonyl (C=O) groups excluding carboxylic acids is 1. The van der Waals surface area contributed by atoms with Gasteiger partial charge in [0.2, 0.25) is 0 Å². The van der Waals surface area contributed by atoms with Crippen molar-refractivity contribution in [2.24, 2.45) is 11.8 Å². The van der Waals surface area contributed by atoms with Gasteiger partial charge in [0.05, 0.1) is 29.6 Å². The van der Waals surface area contributed by atoms with Crippen LogP contribution in [0.25, 0.3) is 0 Å². The van der Waals surface area contributed by atoms with E-state index < -0.39 is 31.8 Å². The highest BCUT2D eigenvalue weighted by molar-refractivity contribution is 7.91. The summed E-state index contributed by atoms with van der Waals surface area (Å²) in [5.74, 6) is -0.284. The number of nitrogens with one attached hydrogen (secondary N) is 1. The van der Waals surface area contributed by atoms with Crippen LogP contribution in [0.2, 0.25) is 0 Å². The monoisotopic (exact) mass is 339 g/mol. The van der Waals surface area contributed by atoms with Crippen molar-refractivity contribution in [3.05, 3.63) is 0 Å². The van der Waals surface area contributed by atoms with Crippen molar-refractivity contribution in [2.45, 2.75) is 25.8 Å². The third-order valence-corrected chi connectivity index (χ3v) is 7.70. The van der Waals surface area contributed by atoms with E-state index in [1.165, 1.54) is 0 Å². The molecule has 0 saturated carbocycles. The smallest absolute Gasteiger partial charge is 0.407 e.